The first-order valence-electron chi connectivity index (χ1n) is 6.25. The maximum absolute atomic E-state index is 12.3. The largest absolute Gasteiger partial charge is 0.465 e. The highest BCUT2D eigenvalue weighted by Gasteiger charge is 2.57. The molecule has 6 nitrogen and oxygen atoms in total. The molecule has 0 atom stereocenters. The van der Waals surface area contributed by atoms with E-state index in [2.05, 4.69) is 4.98 Å². The summed E-state index contributed by atoms with van der Waals surface area (Å²) in [5.41, 5.74) is -1.58. The molecule has 0 unspecified atom stereocenters. The number of hydrogen-bond acceptors (Lipinski definition) is 5. The van der Waals surface area contributed by atoms with Gasteiger partial charge >= 0.3 is 11.9 Å². The van der Waals surface area contributed by atoms with Gasteiger partial charge in [-0.25, -0.2) is 4.98 Å². The molecule has 0 radical (unpaired) electrons. The molecule has 2 rings (SSSR count). The Morgan fingerprint density at radius 2 is 1.80 bits per heavy atom. The SMILES string of the molecule is CCOC(=O)C1(C(=O)OCC)CCn2c1nc(Cl)c2Cl. The molecule has 0 amide bonds. The summed E-state index contributed by atoms with van der Waals surface area (Å²) in [6.07, 6.45) is 0.198. The summed E-state index contributed by atoms with van der Waals surface area (Å²) in [5, 5.41) is 0.261. The number of fused-ring (bicyclic) bond motifs is 1. The van der Waals surface area contributed by atoms with Gasteiger partial charge in [-0.3, -0.25) is 9.59 Å². The van der Waals surface area contributed by atoms with E-state index in [1.807, 2.05) is 0 Å². The molecule has 0 aliphatic carbocycles. The molecule has 0 saturated heterocycles. The normalized spacial score (nSPS) is 15.8. The summed E-state index contributed by atoms with van der Waals surface area (Å²) in [6.45, 7) is 3.99. The number of esters is 2. The highest BCUT2D eigenvalue weighted by atomic mass is 35.5. The minimum absolute atomic E-state index is 0.0549. The van der Waals surface area contributed by atoms with E-state index in [1.54, 1.807) is 13.8 Å². The van der Waals surface area contributed by atoms with Crippen molar-refractivity contribution in [3.8, 4) is 0 Å². The number of carbonyl (C=O) groups excluding carboxylic acids is 2. The summed E-state index contributed by atoms with van der Waals surface area (Å²) in [7, 11) is 0. The average molecular weight is 321 g/mol. The highest BCUT2D eigenvalue weighted by Crippen LogP contribution is 2.41. The Labute approximate surface area is 126 Å². The van der Waals surface area contributed by atoms with Crippen molar-refractivity contribution in [3.05, 3.63) is 16.1 Å². The first-order chi connectivity index (χ1) is 9.48. The molecular formula is C12H14Cl2N2O4. The fraction of sp³-hybridized carbons (Fsp3) is 0.583. The Morgan fingerprint density at radius 1 is 1.25 bits per heavy atom. The lowest BCUT2D eigenvalue weighted by Gasteiger charge is -2.22. The minimum Gasteiger partial charge on any atom is -0.465 e. The monoisotopic (exact) mass is 320 g/mol. The van der Waals surface area contributed by atoms with Gasteiger partial charge in [0.2, 0.25) is 5.41 Å². The van der Waals surface area contributed by atoms with Gasteiger partial charge in [0.15, 0.2) is 5.15 Å². The molecule has 20 heavy (non-hydrogen) atoms. The third-order valence-electron chi connectivity index (χ3n) is 3.21. The zero-order valence-corrected chi connectivity index (χ0v) is 12.6. The molecule has 0 saturated carbocycles. The van der Waals surface area contributed by atoms with Crippen molar-refractivity contribution in [3.63, 3.8) is 0 Å². The molecule has 0 aromatic carbocycles. The summed E-state index contributed by atoms with van der Waals surface area (Å²) in [5.74, 6) is -1.18. The van der Waals surface area contributed by atoms with Gasteiger partial charge in [0.05, 0.1) is 13.2 Å². The average Bonchev–Trinajstić information content (AvgIpc) is 2.90. The molecule has 0 bridgehead atoms. The van der Waals surface area contributed by atoms with E-state index in [0.717, 1.165) is 0 Å². The number of nitrogens with zero attached hydrogens (tertiary/aromatic N) is 2. The summed E-state index contributed by atoms with van der Waals surface area (Å²) in [4.78, 5) is 28.7. The minimum atomic E-state index is -1.58. The molecule has 0 N–H and O–H groups in total. The van der Waals surface area contributed by atoms with Crippen LogP contribution in [0.3, 0.4) is 0 Å². The van der Waals surface area contributed by atoms with Crippen molar-refractivity contribution in [2.24, 2.45) is 0 Å². The third kappa shape index (κ3) is 2.07. The van der Waals surface area contributed by atoms with Crippen LogP contribution in [0, 0.1) is 0 Å². The second kappa shape index (κ2) is 5.61. The second-order valence-corrected chi connectivity index (χ2v) is 4.98. The maximum atomic E-state index is 12.3. The molecule has 1 aliphatic heterocycles. The van der Waals surface area contributed by atoms with Gasteiger partial charge in [-0.2, -0.15) is 0 Å². The van der Waals surface area contributed by atoms with Crippen LogP contribution in [0.15, 0.2) is 0 Å². The standard InChI is InChI=1S/C12H14Cl2N2O4/c1-3-19-10(17)12(11(18)20-4-2)5-6-16-8(14)7(13)15-9(12)16/h3-6H2,1-2H3. The first kappa shape index (κ1) is 15.1. The van der Waals surface area contributed by atoms with Crippen LogP contribution in [-0.2, 0) is 31.0 Å². The highest BCUT2D eigenvalue weighted by molar-refractivity contribution is 6.40. The van der Waals surface area contributed by atoms with E-state index in [-0.39, 0.29) is 35.8 Å². The predicted octanol–water partition coefficient (Wildman–Crippen LogP) is 1.96. The van der Waals surface area contributed by atoms with Crippen molar-refractivity contribution in [2.45, 2.75) is 32.2 Å². The number of imidazole rings is 1. The van der Waals surface area contributed by atoms with Crippen molar-refractivity contribution in [1.82, 2.24) is 9.55 Å². The van der Waals surface area contributed by atoms with Crippen LogP contribution in [0.1, 0.15) is 26.1 Å². The van der Waals surface area contributed by atoms with Crippen LogP contribution in [-0.4, -0.2) is 34.7 Å². The lowest BCUT2D eigenvalue weighted by molar-refractivity contribution is -0.165. The molecule has 2 heterocycles. The molecule has 0 spiro atoms. The molecule has 1 aromatic rings. The molecule has 0 fully saturated rings. The van der Waals surface area contributed by atoms with Crippen LogP contribution < -0.4 is 0 Å². The van der Waals surface area contributed by atoms with E-state index in [4.69, 9.17) is 32.7 Å². The summed E-state index contributed by atoms with van der Waals surface area (Å²) >= 11 is 11.9. The van der Waals surface area contributed by atoms with Gasteiger partial charge in [0.1, 0.15) is 11.0 Å². The van der Waals surface area contributed by atoms with Gasteiger partial charge in [-0.1, -0.05) is 23.2 Å². The number of aromatic nitrogens is 2. The first-order valence-corrected chi connectivity index (χ1v) is 7.01. The van der Waals surface area contributed by atoms with Crippen LogP contribution in [0.4, 0.5) is 0 Å². The zero-order valence-electron chi connectivity index (χ0n) is 11.1. The number of carbonyl (C=O) groups is 2. The number of rotatable bonds is 4. The van der Waals surface area contributed by atoms with Crippen molar-refractivity contribution < 1.29 is 19.1 Å². The Balaban J connectivity index is 2.54. The second-order valence-electron chi connectivity index (χ2n) is 4.26. The maximum Gasteiger partial charge on any atom is 0.331 e. The van der Waals surface area contributed by atoms with Crippen LogP contribution in [0.25, 0.3) is 0 Å². The quantitative estimate of drug-likeness (QED) is 0.626. The molecule has 1 aliphatic rings. The number of halogens is 2. The van der Waals surface area contributed by atoms with Gasteiger partial charge in [-0.05, 0) is 20.3 Å². The topological polar surface area (TPSA) is 70.4 Å². The van der Waals surface area contributed by atoms with Crippen LogP contribution >= 0.6 is 23.2 Å². The van der Waals surface area contributed by atoms with E-state index >= 15 is 0 Å². The van der Waals surface area contributed by atoms with Crippen LogP contribution in [0.5, 0.6) is 0 Å². The smallest absolute Gasteiger partial charge is 0.331 e. The van der Waals surface area contributed by atoms with E-state index < -0.39 is 17.4 Å². The molecule has 1 aromatic heterocycles. The van der Waals surface area contributed by atoms with Crippen molar-refractivity contribution >= 4 is 35.1 Å². The van der Waals surface area contributed by atoms with Gasteiger partial charge in [-0.15, -0.1) is 0 Å². The van der Waals surface area contributed by atoms with Gasteiger partial charge in [0, 0.05) is 6.54 Å². The molecular weight excluding hydrogens is 307 g/mol. The van der Waals surface area contributed by atoms with Gasteiger partial charge < -0.3 is 14.0 Å². The van der Waals surface area contributed by atoms with Crippen molar-refractivity contribution in [1.29, 1.82) is 0 Å². The lowest BCUT2D eigenvalue weighted by atomic mass is 9.86. The van der Waals surface area contributed by atoms with Crippen molar-refractivity contribution in [2.75, 3.05) is 13.2 Å². The molecule has 8 heteroatoms. The Hall–Kier alpha value is -1.27. The Kier molecular flexibility index (Phi) is 4.25. The summed E-state index contributed by atoms with van der Waals surface area (Å²) in [6, 6.07) is 0. The Bertz CT molecular complexity index is 538. The van der Waals surface area contributed by atoms with E-state index in [9.17, 15) is 9.59 Å². The van der Waals surface area contributed by atoms with Gasteiger partial charge in [0.25, 0.3) is 0 Å². The summed E-state index contributed by atoms with van der Waals surface area (Å²) < 4.78 is 11.6. The number of ether oxygens (including phenoxy) is 2. The fourth-order valence-corrected chi connectivity index (χ4v) is 2.69. The third-order valence-corrected chi connectivity index (χ3v) is 3.95. The lowest BCUT2D eigenvalue weighted by Crippen LogP contribution is -2.45. The fourth-order valence-electron chi connectivity index (χ4n) is 2.30. The van der Waals surface area contributed by atoms with Crippen LogP contribution in [0.2, 0.25) is 10.3 Å². The van der Waals surface area contributed by atoms with E-state index in [0.29, 0.717) is 6.54 Å². The van der Waals surface area contributed by atoms with E-state index in [1.165, 1.54) is 4.57 Å². The number of hydrogen-bond donors (Lipinski definition) is 0. The Morgan fingerprint density at radius 3 is 2.30 bits per heavy atom. The molecule has 110 valence electrons. The predicted molar refractivity (Wildman–Crippen MR) is 71.8 cm³/mol. The zero-order chi connectivity index (χ0) is 14.9.